The molecule has 0 bridgehead atoms. The molecule has 3 heteroatoms. The van der Waals surface area contributed by atoms with Crippen LogP contribution in [0.5, 0.6) is 0 Å². The highest BCUT2D eigenvalue weighted by Gasteiger charge is 1.99. The Hall–Kier alpha value is -0.960. The standard InChI is InChI=1S/C8H4FNS/c1-5-10-7-3-2-6(9)4-8(7)11-5/h1-4H. The van der Waals surface area contributed by atoms with Crippen molar-refractivity contribution >= 4 is 21.6 Å². The summed E-state index contributed by atoms with van der Waals surface area (Å²) >= 11 is 1.29. The molecular weight excluding hydrogens is 161 g/mol. The predicted octanol–water partition coefficient (Wildman–Crippen LogP) is 2.49. The molecule has 0 saturated heterocycles. The molecule has 0 fully saturated rings. The number of benzene rings is 1. The van der Waals surface area contributed by atoms with Crippen LogP contribution in [0.1, 0.15) is 5.01 Å². The van der Waals surface area contributed by atoms with Crippen LogP contribution in [-0.2, 0) is 0 Å². The van der Waals surface area contributed by atoms with Gasteiger partial charge in [-0.2, -0.15) is 0 Å². The lowest BCUT2D eigenvalue weighted by atomic mass is 10.3. The smallest absolute Gasteiger partial charge is 0.124 e. The number of hydrogen-bond donors (Lipinski definition) is 0. The van der Waals surface area contributed by atoms with Crippen molar-refractivity contribution in [3.8, 4) is 0 Å². The van der Waals surface area contributed by atoms with Gasteiger partial charge < -0.3 is 0 Å². The Morgan fingerprint density at radius 3 is 3.09 bits per heavy atom. The van der Waals surface area contributed by atoms with E-state index in [0.717, 1.165) is 10.2 Å². The lowest BCUT2D eigenvalue weighted by molar-refractivity contribution is 0.630. The van der Waals surface area contributed by atoms with Crippen molar-refractivity contribution in [1.82, 2.24) is 4.98 Å². The second-order valence-electron chi connectivity index (χ2n) is 2.16. The highest BCUT2D eigenvalue weighted by atomic mass is 32.1. The minimum absolute atomic E-state index is 0.249. The van der Waals surface area contributed by atoms with E-state index in [1.807, 2.05) is 0 Å². The van der Waals surface area contributed by atoms with E-state index in [-0.39, 0.29) is 5.82 Å². The summed E-state index contributed by atoms with van der Waals surface area (Å²) in [6.07, 6.45) is 0. The van der Waals surface area contributed by atoms with Crippen molar-refractivity contribution in [3.05, 3.63) is 35.9 Å². The third-order valence-corrected chi connectivity index (χ3v) is 2.21. The largest absolute Gasteiger partial charge is 0.241 e. The number of rotatable bonds is 0. The van der Waals surface area contributed by atoms with E-state index in [1.165, 1.54) is 23.5 Å². The van der Waals surface area contributed by atoms with Crippen molar-refractivity contribution in [3.63, 3.8) is 0 Å². The maximum absolute atomic E-state index is 12.6. The summed E-state index contributed by atoms with van der Waals surface area (Å²) in [6.45, 7) is 5.43. The zero-order chi connectivity index (χ0) is 7.84. The third-order valence-electron chi connectivity index (χ3n) is 1.37. The summed E-state index contributed by atoms with van der Waals surface area (Å²) in [4.78, 5) is 3.98. The van der Waals surface area contributed by atoms with Crippen LogP contribution in [0.2, 0.25) is 0 Å². The van der Waals surface area contributed by atoms with Crippen LogP contribution in [-0.4, -0.2) is 4.98 Å². The normalized spacial score (nSPS) is 10.7. The Kier molecular flexibility index (Phi) is 1.39. The van der Waals surface area contributed by atoms with Crippen molar-refractivity contribution in [1.29, 1.82) is 0 Å². The van der Waals surface area contributed by atoms with Gasteiger partial charge in [-0.25, -0.2) is 9.37 Å². The fourth-order valence-corrected chi connectivity index (χ4v) is 1.68. The first-order valence-corrected chi connectivity index (χ1v) is 3.89. The molecule has 1 aromatic carbocycles. The lowest BCUT2D eigenvalue weighted by Gasteiger charge is -1.85. The molecular formula is C8H4FNS. The number of halogens is 1. The summed E-state index contributed by atoms with van der Waals surface area (Å²) in [5.41, 5.74) is 0.758. The van der Waals surface area contributed by atoms with E-state index in [1.54, 1.807) is 6.07 Å². The Morgan fingerprint density at radius 2 is 2.27 bits per heavy atom. The third kappa shape index (κ3) is 1.12. The predicted molar refractivity (Wildman–Crippen MR) is 43.0 cm³/mol. The van der Waals surface area contributed by atoms with E-state index in [9.17, 15) is 4.39 Å². The maximum Gasteiger partial charge on any atom is 0.124 e. The number of hydrogen-bond acceptors (Lipinski definition) is 2. The Labute approximate surface area is 67.5 Å². The van der Waals surface area contributed by atoms with E-state index < -0.39 is 0 Å². The van der Waals surface area contributed by atoms with Crippen LogP contribution in [0.4, 0.5) is 4.39 Å². The first-order valence-electron chi connectivity index (χ1n) is 3.07. The summed E-state index contributed by atoms with van der Waals surface area (Å²) in [7, 11) is 0. The van der Waals surface area contributed by atoms with Gasteiger partial charge in [0.2, 0.25) is 0 Å². The van der Waals surface area contributed by atoms with E-state index >= 15 is 0 Å². The van der Waals surface area contributed by atoms with Crippen LogP contribution >= 0.6 is 11.3 Å². The Bertz CT molecular complexity index is 394. The van der Waals surface area contributed by atoms with Gasteiger partial charge >= 0.3 is 0 Å². The average molecular weight is 165 g/mol. The number of thiazole rings is 1. The molecule has 1 nitrogen and oxygen atoms in total. The first-order chi connectivity index (χ1) is 5.25. The molecule has 0 unspecified atom stereocenters. The fraction of sp³-hybridized carbons (Fsp3) is 0. The van der Waals surface area contributed by atoms with Crippen molar-refractivity contribution in [2.75, 3.05) is 0 Å². The molecule has 2 radical (unpaired) electrons. The molecule has 11 heavy (non-hydrogen) atoms. The van der Waals surface area contributed by atoms with Gasteiger partial charge in [-0.15, -0.1) is 11.3 Å². The highest BCUT2D eigenvalue weighted by molar-refractivity contribution is 7.18. The van der Waals surface area contributed by atoms with E-state index in [0.29, 0.717) is 5.01 Å². The fourth-order valence-electron chi connectivity index (χ4n) is 0.916. The van der Waals surface area contributed by atoms with E-state index in [2.05, 4.69) is 4.98 Å². The molecule has 0 atom stereocenters. The second kappa shape index (κ2) is 2.27. The van der Waals surface area contributed by atoms with Gasteiger partial charge in [0.1, 0.15) is 5.82 Å². The molecule has 0 saturated carbocycles. The molecule has 0 N–H and O–H groups in total. The molecule has 54 valence electrons. The van der Waals surface area contributed by atoms with Crippen molar-refractivity contribution in [2.45, 2.75) is 0 Å². The summed E-state index contributed by atoms with van der Waals surface area (Å²) < 4.78 is 13.4. The van der Waals surface area contributed by atoms with Gasteiger partial charge in [0.15, 0.2) is 0 Å². The van der Waals surface area contributed by atoms with Crippen LogP contribution in [0.15, 0.2) is 18.2 Å². The molecule has 1 heterocycles. The van der Waals surface area contributed by atoms with Gasteiger partial charge in [0, 0.05) is 6.92 Å². The Morgan fingerprint density at radius 1 is 1.45 bits per heavy atom. The first kappa shape index (κ1) is 6.73. The molecule has 0 aliphatic carbocycles. The highest BCUT2D eigenvalue weighted by Crippen LogP contribution is 2.21. The molecule has 0 amide bonds. The van der Waals surface area contributed by atoms with Crippen LogP contribution in [0, 0.1) is 12.7 Å². The second-order valence-corrected chi connectivity index (χ2v) is 3.23. The molecule has 2 rings (SSSR count). The zero-order valence-corrected chi connectivity index (χ0v) is 6.36. The number of nitrogens with zero attached hydrogens (tertiary/aromatic N) is 1. The van der Waals surface area contributed by atoms with Gasteiger partial charge in [-0.05, 0) is 18.2 Å². The monoisotopic (exact) mass is 165 g/mol. The van der Waals surface area contributed by atoms with Crippen LogP contribution in [0.3, 0.4) is 0 Å². The van der Waals surface area contributed by atoms with Crippen LogP contribution < -0.4 is 0 Å². The number of fused-ring (bicyclic) bond motifs is 1. The quantitative estimate of drug-likeness (QED) is 0.584. The topological polar surface area (TPSA) is 12.9 Å². The van der Waals surface area contributed by atoms with Crippen LogP contribution in [0.25, 0.3) is 10.2 Å². The van der Waals surface area contributed by atoms with Crippen molar-refractivity contribution in [2.24, 2.45) is 0 Å². The van der Waals surface area contributed by atoms with Gasteiger partial charge in [0.05, 0.1) is 15.2 Å². The zero-order valence-electron chi connectivity index (χ0n) is 5.54. The van der Waals surface area contributed by atoms with E-state index in [4.69, 9.17) is 6.92 Å². The minimum Gasteiger partial charge on any atom is -0.241 e. The summed E-state index contributed by atoms with van der Waals surface area (Å²) in [5.74, 6) is -0.249. The lowest BCUT2D eigenvalue weighted by Crippen LogP contribution is -1.71. The van der Waals surface area contributed by atoms with Gasteiger partial charge in [0.25, 0.3) is 0 Å². The molecule has 0 aliphatic heterocycles. The van der Waals surface area contributed by atoms with Crippen molar-refractivity contribution < 1.29 is 4.39 Å². The molecule has 0 aliphatic rings. The SMILES string of the molecule is [CH]c1nc2ccc(F)cc2s1. The molecule has 2 aromatic rings. The minimum atomic E-state index is -0.249. The Balaban J connectivity index is 2.82. The van der Waals surface area contributed by atoms with Gasteiger partial charge in [-0.3, -0.25) is 0 Å². The maximum atomic E-state index is 12.6. The number of aromatic nitrogens is 1. The molecule has 0 spiro atoms. The van der Waals surface area contributed by atoms with Gasteiger partial charge in [-0.1, -0.05) is 0 Å². The summed E-state index contributed by atoms with van der Waals surface area (Å²) in [5, 5.41) is 0.477. The summed E-state index contributed by atoms with van der Waals surface area (Å²) in [6, 6.07) is 4.43. The molecule has 1 aromatic heterocycles. The average Bonchev–Trinajstić information content (AvgIpc) is 2.27.